The molecule has 6 nitrogen and oxygen atoms in total. The maximum Gasteiger partial charge on any atom is 0.325 e. The van der Waals surface area contributed by atoms with Crippen LogP contribution < -0.4 is 5.32 Å². The Labute approximate surface area is 142 Å². The first-order chi connectivity index (χ1) is 10.9. The summed E-state index contributed by atoms with van der Waals surface area (Å²) in [5.41, 5.74) is -0.489. The lowest BCUT2D eigenvalue weighted by Gasteiger charge is -2.24. The molecule has 0 bridgehead atoms. The van der Waals surface area contributed by atoms with Crippen LogP contribution in [0.25, 0.3) is 0 Å². The molecule has 1 aromatic rings. The summed E-state index contributed by atoms with van der Waals surface area (Å²) in [5, 5.41) is 2.72. The number of hydrogen-bond acceptors (Lipinski definition) is 3. The van der Waals surface area contributed by atoms with Gasteiger partial charge in [-0.2, -0.15) is 0 Å². The van der Waals surface area contributed by atoms with Crippen molar-refractivity contribution in [2.24, 2.45) is 0 Å². The quantitative estimate of drug-likeness (QED) is 0.814. The topological polar surface area (TPSA) is 69.7 Å². The molecular formula is C16H18BrN3O3. The molecule has 1 unspecified atom stereocenters. The average molecular weight is 380 g/mol. The molecule has 1 atom stereocenters. The standard InChI is InChI=1S/C16H18BrN3O3/c1-16(11-6-2-3-7-12(11)17)14(22)20(15(23)18-16)10-13(21)19-8-4-5-9-19/h2-3,6-7H,4-5,8-10H2,1H3,(H,18,23). The summed E-state index contributed by atoms with van der Waals surface area (Å²) in [4.78, 5) is 40.0. The monoisotopic (exact) mass is 379 g/mol. The average Bonchev–Trinajstić information content (AvgIpc) is 3.12. The van der Waals surface area contributed by atoms with Crippen molar-refractivity contribution < 1.29 is 14.4 Å². The van der Waals surface area contributed by atoms with Gasteiger partial charge in [-0.3, -0.25) is 14.5 Å². The minimum atomic E-state index is -1.16. The molecule has 7 heteroatoms. The van der Waals surface area contributed by atoms with Crippen LogP contribution in [0, 0.1) is 0 Å². The Morgan fingerprint density at radius 3 is 2.57 bits per heavy atom. The van der Waals surface area contributed by atoms with Crippen LogP contribution in [0.5, 0.6) is 0 Å². The van der Waals surface area contributed by atoms with E-state index in [1.54, 1.807) is 17.9 Å². The molecule has 3 rings (SSSR count). The fourth-order valence-electron chi connectivity index (χ4n) is 3.09. The third-order valence-corrected chi connectivity index (χ3v) is 5.13. The summed E-state index contributed by atoms with van der Waals surface area (Å²) in [6.45, 7) is 2.85. The van der Waals surface area contributed by atoms with Crippen molar-refractivity contribution in [2.45, 2.75) is 25.3 Å². The second kappa shape index (κ2) is 5.96. The minimum Gasteiger partial charge on any atom is -0.341 e. The molecule has 0 radical (unpaired) electrons. The lowest BCUT2D eigenvalue weighted by Crippen LogP contribution is -2.44. The van der Waals surface area contributed by atoms with Crippen molar-refractivity contribution in [3.05, 3.63) is 34.3 Å². The van der Waals surface area contributed by atoms with Gasteiger partial charge in [0.25, 0.3) is 5.91 Å². The van der Waals surface area contributed by atoms with Gasteiger partial charge in [0.05, 0.1) is 0 Å². The number of carbonyl (C=O) groups excluding carboxylic acids is 3. The van der Waals surface area contributed by atoms with Gasteiger partial charge < -0.3 is 10.2 Å². The molecule has 0 aliphatic carbocycles. The van der Waals surface area contributed by atoms with Crippen molar-refractivity contribution in [2.75, 3.05) is 19.6 Å². The van der Waals surface area contributed by atoms with Crippen LogP contribution in [0.3, 0.4) is 0 Å². The first-order valence-corrected chi connectivity index (χ1v) is 8.39. The lowest BCUT2D eigenvalue weighted by molar-refractivity contribution is -0.138. The van der Waals surface area contributed by atoms with Gasteiger partial charge in [-0.25, -0.2) is 4.79 Å². The van der Waals surface area contributed by atoms with E-state index in [1.165, 1.54) is 0 Å². The molecule has 2 fully saturated rings. The van der Waals surface area contributed by atoms with E-state index in [-0.39, 0.29) is 12.5 Å². The Morgan fingerprint density at radius 1 is 1.26 bits per heavy atom. The van der Waals surface area contributed by atoms with Crippen LogP contribution in [0.15, 0.2) is 28.7 Å². The van der Waals surface area contributed by atoms with Crippen LogP contribution in [-0.2, 0) is 15.1 Å². The van der Waals surface area contributed by atoms with Gasteiger partial charge in [0.2, 0.25) is 5.91 Å². The van der Waals surface area contributed by atoms with E-state index in [1.807, 2.05) is 18.2 Å². The molecule has 2 aliphatic rings. The SMILES string of the molecule is CC1(c2ccccc2Br)NC(=O)N(CC(=O)N2CCCC2)C1=O. The maximum atomic E-state index is 12.8. The normalized spacial score (nSPS) is 24.3. The molecule has 122 valence electrons. The summed E-state index contributed by atoms with van der Waals surface area (Å²) in [6.07, 6.45) is 1.95. The Morgan fingerprint density at radius 2 is 1.91 bits per heavy atom. The van der Waals surface area contributed by atoms with Gasteiger partial charge >= 0.3 is 6.03 Å². The maximum absolute atomic E-state index is 12.8. The predicted octanol–water partition coefficient (Wildman–Crippen LogP) is 1.84. The van der Waals surface area contributed by atoms with Gasteiger partial charge in [-0.05, 0) is 25.8 Å². The number of hydrogen-bond donors (Lipinski definition) is 1. The highest BCUT2D eigenvalue weighted by molar-refractivity contribution is 9.10. The lowest BCUT2D eigenvalue weighted by atomic mass is 9.92. The Balaban J connectivity index is 1.82. The number of halogens is 1. The van der Waals surface area contributed by atoms with Crippen molar-refractivity contribution in [1.29, 1.82) is 0 Å². The molecule has 2 saturated heterocycles. The number of nitrogens with zero attached hydrogens (tertiary/aromatic N) is 2. The van der Waals surface area contributed by atoms with Crippen LogP contribution in [0.1, 0.15) is 25.3 Å². The smallest absolute Gasteiger partial charge is 0.325 e. The third-order valence-electron chi connectivity index (χ3n) is 4.44. The minimum absolute atomic E-state index is 0.178. The van der Waals surface area contributed by atoms with Crippen molar-refractivity contribution in [3.8, 4) is 0 Å². The van der Waals surface area contributed by atoms with E-state index in [0.717, 1.165) is 22.2 Å². The number of urea groups is 1. The number of rotatable bonds is 3. The van der Waals surface area contributed by atoms with E-state index in [9.17, 15) is 14.4 Å². The number of amides is 4. The molecule has 1 N–H and O–H groups in total. The van der Waals surface area contributed by atoms with Crippen molar-refractivity contribution in [3.63, 3.8) is 0 Å². The Kier molecular flexibility index (Phi) is 4.14. The van der Waals surface area contributed by atoms with Crippen molar-refractivity contribution >= 4 is 33.8 Å². The zero-order chi connectivity index (χ0) is 16.6. The molecule has 0 spiro atoms. The Bertz CT molecular complexity index is 672. The predicted molar refractivity (Wildman–Crippen MR) is 87.6 cm³/mol. The van der Waals surface area contributed by atoms with E-state index >= 15 is 0 Å². The zero-order valence-corrected chi connectivity index (χ0v) is 14.4. The first kappa shape index (κ1) is 16.0. The summed E-state index contributed by atoms with van der Waals surface area (Å²) in [5.74, 6) is -0.579. The molecule has 2 heterocycles. The molecule has 4 amide bonds. The van der Waals surface area contributed by atoms with E-state index < -0.39 is 17.5 Å². The summed E-state index contributed by atoms with van der Waals surface area (Å²) in [6, 6.07) is 6.72. The highest BCUT2D eigenvalue weighted by Crippen LogP contribution is 2.33. The molecule has 0 saturated carbocycles. The van der Waals surface area contributed by atoms with E-state index in [4.69, 9.17) is 0 Å². The molecule has 1 aromatic carbocycles. The second-order valence-corrected chi connectivity index (χ2v) is 6.87. The third kappa shape index (κ3) is 2.73. The summed E-state index contributed by atoms with van der Waals surface area (Å²) in [7, 11) is 0. The first-order valence-electron chi connectivity index (χ1n) is 7.60. The number of likely N-dealkylation sites (tertiary alicyclic amines) is 1. The zero-order valence-electron chi connectivity index (χ0n) is 12.8. The highest BCUT2D eigenvalue weighted by atomic mass is 79.9. The van der Waals surface area contributed by atoms with Gasteiger partial charge in [0.1, 0.15) is 12.1 Å². The number of imide groups is 1. The van der Waals surface area contributed by atoms with Gasteiger partial charge in [-0.1, -0.05) is 34.1 Å². The molecule has 2 aliphatic heterocycles. The summed E-state index contributed by atoms with van der Waals surface area (Å²) < 4.78 is 0.740. The molecule has 0 aromatic heterocycles. The van der Waals surface area contributed by atoms with E-state index in [0.29, 0.717) is 18.7 Å². The van der Waals surface area contributed by atoms with Gasteiger partial charge in [-0.15, -0.1) is 0 Å². The summed E-state index contributed by atoms with van der Waals surface area (Å²) >= 11 is 3.42. The van der Waals surface area contributed by atoms with E-state index in [2.05, 4.69) is 21.2 Å². The van der Waals surface area contributed by atoms with Crippen LogP contribution in [-0.4, -0.2) is 47.3 Å². The molecule has 23 heavy (non-hydrogen) atoms. The second-order valence-electron chi connectivity index (χ2n) is 6.01. The number of nitrogens with one attached hydrogen (secondary N) is 1. The number of benzene rings is 1. The fourth-order valence-corrected chi connectivity index (χ4v) is 3.77. The van der Waals surface area contributed by atoms with Crippen LogP contribution in [0.2, 0.25) is 0 Å². The Hall–Kier alpha value is -1.89. The largest absolute Gasteiger partial charge is 0.341 e. The van der Waals surface area contributed by atoms with Gasteiger partial charge in [0, 0.05) is 23.1 Å². The number of carbonyl (C=O) groups is 3. The van der Waals surface area contributed by atoms with Gasteiger partial charge in [0.15, 0.2) is 0 Å². The van der Waals surface area contributed by atoms with Crippen LogP contribution >= 0.6 is 15.9 Å². The highest BCUT2D eigenvalue weighted by Gasteiger charge is 2.50. The fraction of sp³-hybridized carbons (Fsp3) is 0.438. The van der Waals surface area contributed by atoms with Crippen molar-refractivity contribution in [1.82, 2.24) is 15.1 Å². The molecular weight excluding hydrogens is 362 g/mol. The van der Waals surface area contributed by atoms with Crippen LogP contribution in [0.4, 0.5) is 4.79 Å².